The number of fused-ring (bicyclic) bond motifs is 1. The van der Waals surface area contributed by atoms with Crippen LogP contribution in [0.4, 0.5) is 0 Å². The maximum Gasteiger partial charge on any atom is 0.243 e. The number of guanidine groups is 1. The molecule has 0 spiro atoms. The molecule has 2 aromatic heterocycles. The second-order valence-electron chi connectivity index (χ2n) is 16.3. The van der Waals surface area contributed by atoms with Crippen LogP contribution in [0, 0.1) is 5.41 Å². The van der Waals surface area contributed by atoms with Crippen molar-refractivity contribution in [3.63, 3.8) is 0 Å². The molecule has 2 heterocycles. The zero-order chi connectivity index (χ0) is 50.5. The molecule has 4 rings (SSSR count). The fourth-order valence-corrected chi connectivity index (χ4v) is 7.39. The number of hydrogen-bond donors (Lipinski definition) is 10. The van der Waals surface area contributed by atoms with E-state index in [-0.39, 0.29) is 76.3 Å². The maximum atomic E-state index is 14.4. The molecule has 71 heavy (non-hydrogen) atoms. The van der Waals surface area contributed by atoms with Crippen LogP contribution in [0.3, 0.4) is 0 Å². The van der Waals surface area contributed by atoms with Crippen LogP contribution >= 0.6 is 0 Å². The third-order valence-electron chi connectivity index (χ3n) is 10.8. The number of imidazole rings is 1. The molecule has 0 bridgehead atoms. The molecule has 0 unspecified atom stereocenters. The number of unbranched alkanes of at least 4 members (excludes halogenated alkanes) is 1. The predicted molar refractivity (Wildman–Crippen MR) is 257 cm³/mol. The van der Waals surface area contributed by atoms with E-state index < -0.39 is 89.5 Å². The van der Waals surface area contributed by atoms with Crippen molar-refractivity contribution in [1.82, 2.24) is 52.2 Å². The number of carbonyl (C=O) groups is 7. The van der Waals surface area contributed by atoms with Gasteiger partial charge in [0, 0.05) is 40.3 Å². The largest absolute Gasteiger partial charge is 2.00 e. The molecule has 12 N–H and O–H groups in total. The fraction of sp³-hybridized carbons (Fsp3) is 0.435. The Kier molecular flexibility index (Phi) is 26.1. The Morgan fingerprint density at radius 3 is 1.89 bits per heavy atom. The first-order valence-corrected chi connectivity index (χ1v) is 23.0. The summed E-state index contributed by atoms with van der Waals surface area (Å²) in [7, 11) is 0. The molecule has 23 nitrogen and oxygen atoms in total. The molecule has 7 atom stereocenters. The molecule has 2 aromatic carbocycles. The number of nitrogens with zero attached hydrogens (tertiary/aromatic N) is 4. The van der Waals surface area contributed by atoms with E-state index in [0.717, 1.165) is 11.8 Å². The first-order chi connectivity index (χ1) is 33.0. The molecule has 0 aliphatic rings. The summed E-state index contributed by atoms with van der Waals surface area (Å²) in [5.41, 5.74) is 13.3. The minimum absolute atomic E-state index is 0. The summed E-state index contributed by atoms with van der Waals surface area (Å²) in [5.74, 6) is -6.72. The molecular weight excluding hydrogens is 1110 g/mol. The molecule has 0 saturated heterocycles. The SMILES string of the molecule is CCCC[C@H](NC(C)=O)C(=O)N[C@@H](C)C(=O)N[C@@H](Cc1c[n-]cn1)C(=O)N[C@@H](Cc1ccccc1)C(=O)N[C@@H](CCCN=C(N)N)C(=O)N[C@@H](C[S-])C(=O)N[C@@H](Cc1c[n-]c2ccccc12)C(=N)[O-].[O-2].[Re]. The normalized spacial score (nSPS) is 13.6. The number of nitrogens with two attached hydrogens (primary N) is 2. The van der Waals surface area contributed by atoms with Crippen LogP contribution in [0.5, 0.6) is 0 Å². The Hall–Kier alpha value is -6.81. The van der Waals surface area contributed by atoms with Crippen molar-refractivity contribution in [3.05, 3.63) is 90.1 Å². The summed E-state index contributed by atoms with van der Waals surface area (Å²) in [6, 6.07) is 7.03. The topological polar surface area (TPSA) is 385 Å². The second kappa shape index (κ2) is 30.7. The summed E-state index contributed by atoms with van der Waals surface area (Å²) in [6.45, 7) is 4.69. The molecule has 0 saturated carbocycles. The minimum Gasteiger partial charge on any atom is -2.00 e. The molecule has 0 aliphatic carbocycles. The molecular formula is C46H60N14O9ReS-6. The number of aromatic nitrogens is 3. The van der Waals surface area contributed by atoms with Gasteiger partial charge in [-0.3, -0.25) is 38.6 Å². The third-order valence-corrected chi connectivity index (χ3v) is 11.1. The maximum absolute atomic E-state index is 14.4. The van der Waals surface area contributed by atoms with E-state index in [4.69, 9.17) is 29.5 Å². The first-order valence-electron chi connectivity index (χ1n) is 22.4. The predicted octanol–water partition coefficient (Wildman–Crippen LogP) is -2.38. The Morgan fingerprint density at radius 2 is 1.27 bits per heavy atom. The molecule has 4 aromatic rings. The number of nitrogens with one attached hydrogen (secondary N) is 8. The third kappa shape index (κ3) is 19.8. The second-order valence-corrected chi connectivity index (χ2v) is 16.7. The van der Waals surface area contributed by atoms with Gasteiger partial charge in [-0.1, -0.05) is 98.1 Å². The van der Waals surface area contributed by atoms with Gasteiger partial charge < -0.3 is 92.3 Å². The number of aliphatic imine (C=N–C) groups is 1. The number of carbonyl (C=O) groups excluding carboxylic acids is 7. The van der Waals surface area contributed by atoms with Gasteiger partial charge in [-0.05, 0) is 55.9 Å². The van der Waals surface area contributed by atoms with Gasteiger partial charge in [0.15, 0.2) is 5.96 Å². The quantitative estimate of drug-likeness (QED) is 0.0123. The van der Waals surface area contributed by atoms with E-state index in [9.17, 15) is 38.7 Å². The number of benzene rings is 2. The Labute approximate surface area is 430 Å². The van der Waals surface area contributed by atoms with Crippen LogP contribution in [0.15, 0.2) is 78.3 Å². The summed E-state index contributed by atoms with van der Waals surface area (Å²) in [6.07, 6.45) is 5.75. The van der Waals surface area contributed by atoms with Gasteiger partial charge in [-0.2, -0.15) is 6.20 Å². The average Bonchev–Trinajstić information content (AvgIpc) is 3.99. The van der Waals surface area contributed by atoms with E-state index in [1.165, 1.54) is 26.4 Å². The van der Waals surface area contributed by atoms with Crippen molar-refractivity contribution in [2.45, 2.75) is 114 Å². The summed E-state index contributed by atoms with van der Waals surface area (Å²) >= 11 is 5.24. The fourth-order valence-electron chi connectivity index (χ4n) is 7.15. The molecule has 387 valence electrons. The Bertz CT molecular complexity index is 2400. The van der Waals surface area contributed by atoms with Crippen LogP contribution in [0.25, 0.3) is 10.9 Å². The first kappa shape index (κ1) is 60.3. The van der Waals surface area contributed by atoms with Crippen LogP contribution in [0.2, 0.25) is 0 Å². The van der Waals surface area contributed by atoms with E-state index in [2.05, 4.69) is 57.2 Å². The molecule has 25 heteroatoms. The van der Waals surface area contributed by atoms with Crippen molar-refractivity contribution < 1.29 is 64.6 Å². The standard InChI is InChI=1S/C46H63N14O8S.O.Re/c1-4-5-15-33(55-27(3)61)41(64)54-26(2)40(63)58-37(21-30-23-50-25-53-30)44(67)59-36(19-28-12-7-6-8-13-28)43(66)56-34(17-11-18-51-46(48)49)42(65)60-38(24-69)45(68)57-35(39(47)62)20-29-22-52-32-16-10-9-14-31(29)32;;/h6-10,12-14,16,22-23,25-26,33-38H,4-5,11,15,17-21,24H2,1-3H3,(H15,47,48,49,50,51,53,54,55,56,57,58,59,60,61,62,63,64,65,66,67,68,69);;/q-1;-2;/p-3/t26-,33-,34-,35-,36-,37-,38-;;/m0../s1. The summed E-state index contributed by atoms with van der Waals surface area (Å²) < 4.78 is 0. The van der Waals surface area contributed by atoms with Crippen molar-refractivity contribution in [2.75, 3.05) is 12.3 Å². The number of para-hydroxylation sites is 1. The van der Waals surface area contributed by atoms with Crippen molar-refractivity contribution in [3.8, 4) is 0 Å². The van der Waals surface area contributed by atoms with Gasteiger partial charge in [0.25, 0.3) is 0 Å². The average molecular weight is 1170 g/mol. The van der Waals surface area contributed by atoms with E-state index in [1.807, 2.05) is 6.92 Å². The van der Waals surface area contributed by atoms with Gasteiger partial charge in [-0.15, -0.1) is 11.3 Å². The smallest absolute Gasteiger partial charge is 0.243 e. The number of amides is 7. The van der Waals surface area contributed by atoms with Crippen LogP contribution < -0.4 is 63.8 Å². The number of rotatable bonds is 28. The van der Waals surface area contributed by atoms with Crippen LogP contribution in [-0.2, 0) is 91.4 Å². The number of hydrogen-bond acceptors (Lipinski definition) is 12. The molecule has 7 amide bonds. The Morgan fingerprint density at radius 1 is 0.718 bits per heavy atom. The van der Waals surface area contributed by atoms with Crippen LogP contribution in [-0.4, -0.2) is 113 Å². The van der Waals surface area contributed by atoms with Crippen molar-refractivity contribution in [2.24, 2.45) is 16.5 Å². The van der Waals surface area contributed by atoms with E-state index in [0.29, 0.717) is 35.2 Å². The van der Waals surface area contributed by atoms with Crippen LogP contribution in [0.1, 0.15) is 69.7 Å². The monoisotopic (exact) mass is 1170 g/mol. The summed E-state index contributed by atoms with van der Waals surface area (Å²) in [5, 5.41) is 39.4. The molecule has 0 aliphatic heterocycles. The van der Waals surface area contributed by atoms with E-state index in [1.54, 1.807) is 60.8 Å². The van der Waals surface area contributed by atoms with Gasteiger partial charge in [-0.25, -0.2) is 0 Å². The molecule has 0 fully saturated rings. The van der Waals surface area contributed by atoms with Crippen molar-refractivity contribution in [1.29, 1.82) is 5.41 Å². The summed E-state index contributed by atoms with van der Waals surface area (Å²) in [4.78, 5) is 111. The van der Waals surface area contributed by atoms with Gasteiger partial charge in [0.1, 0.15) is 30.2 Å². The zero-order valence-electron chi connectivity index (χ0n) is 39.4. The van der Waals surface area contributed by atoms with E-state index >= 15 is 0 Å². The Balaban J connectivity index is 0.00000864. The van der Waals surface area contributed by atoms with Crippen molar-refractivity contribution >= 4 is 76.7 Å². The van der Waals surface area contributed by atoms with Gasteiger partial charge in [0.2, 0.25) is 41.4 Å². The molecule has 1 radical (unpaired) electrons. The zero-order valence-corrected chi connectivity index (χ0v) is 43.0. The minimum atomic E-state index is -1.38. The van der Waals surface area contributed by atoms with Gasteiger partial charge in [0.05, 0.1) is 12.1 Å². The van der Waals surface area contributed by atoms with Gasteiger partial charge >= 0.3 is 0 Å².